The van der Waals surface area contributed by atoms with Gasteiger partial charge in [0.1, 0.15) is 12.2 Å². The highest BCUT2D eigenvalue weighted by molar-refractivity contribution is 5.29. The van der Waals surface area contributed by atoms with E-state index in [0.29, 0.717) is 11.8 Å². The molecule has 0 radical (unpaired) electrons. The van der Waals surface area contributed by atoms with Gasteiger partial charge in [-0.1, -0.05) is 0 Å². The first-order valence-electron chi connectivity index (χ1n) is 5.18. The number of aromatic nitrogens is 6. The Morgan fingerprint density at radius 3 is 2.33 bits per heavy atom. The summed E-state index contributed by atoms with van der Waals surface area (Å²) in [6.45, 7) is 1.89. The fourth-order valence-electron chi connectivity index (χ4n) is 1.27. The molecule has 0 fully saturated rings. The number of nitrogens with one attached hydrogen (secondary N) is 2. The van der Waals surface area contributed by atoms with Crippen LogP contribution in [-0.2, 0) is 0 Å². The normalized spacial score (nSPS) is 11.9. The molecule has 2 aromatic heterocycles. The lowest BCUT2D eigenvalue weighted by Crippen LogP contribution is -2.12. The van der Waals surface area contributed by atoms with E-state index in [9.17, 15) is 0 Å². The summed E-state index contributed by atoms with van der Waals surface area (Å²) in [5.41, 5.74) is 0. The van der Waals surface area contributed by atoms with Gasteiger partial charge in [-0.15, -0.1) is 4.98 Å². The summed E-state index contributed by atoms with van der Waals surface area (Å²) in [5, 5.41) is 9.57. The Bertz CT molecular complexity index is 479. The lowest BCUT2D eigenvalue weighted by Gasteiger charge is -2.11. The molecule has 0 amide bonds. The summed E-state index contributed by atoms with van der Waals surface area (Å²) in [4.78, 5) is 16.0. The number of anilines is 1. The van der Waals surface area contributed by atoms with E-state index in [-0.39, 0.29) is 18.1 Å². The standard InChI is InChI=1S/C9H13N7O2/c1-5(6-10-4-11-16-6)12-7-13-8(17-2)15-9(14-7)18-3/h4-5H,1-3H3,(H,10,11,16)(H,12,13,14,15). The summed E-state index contributed by atoms with van der Waals surface area (Å²) in [6, 6.07) is 0.215. The molecule has 0 aliphatic carbocycles. The zero-order valence-corrected chi connectivity index (χ0v) is 10.2. The molecule has 18 heavy (non-hydrogen) atoms. The number of hydrogen-bond acceptors (Lipinski definition) is 8. The smallest absolute Gasteiger partial charge is 0.324 e. The molecular formula is C9H13N7O2. The van der Waals surface area contributed by atoms with Gasteiger partial charge in [0.05, 0.1) is 20.3 Å². The molecule has 0 saturated heterocycles. The predicted octanol–water partition coefficient (Wildman–Crippen LogP) is 0.180. The quantitative estimate of drug-likeness (QED) is 0.774. The Morgan fingerprint density at radius 1 is 1.17 bits per heavy atom. The van der Waals surface area contributed by atoms with Gasteiger partial charge in [0.2, 0.25) is 5.95 Å². The maximum absolute atomic E-state index is 4.95. The molecule has 0 aromatic carbocycles. The topological polar surface area (TPSA) is 111 Å². The molecule has 2 aromatic rings. The zero-order valence-electron chi connectivity index (χ0n) is 10.2. The summed E-state index contributed by atoms with van der Waals surface area (Å²) < 4.78 is 9.90. The number of ether oxygens (including phenoxy) is 2. The monoisotopic (exact) mass is 251 g/mol. The molecule has 2 rings (SSSR count). The zero-order chi connectivity index (χ0) is 13.0. The maximum Gasteiger partial charge on any atom is 0.324 e. The van der Waals surface area contributed by atoms with Crippen molar-refractivity contribution >= 4 is 5.95 Å². The summed E-state index contributed by atoms with van der Waals surface area (Å²) in [7, 11) is 2.94. The van der Waals surface area contributed by atoms with E-state index < -0.39 is 0 Å². The minimum Gasteiger partial charge on any atom is -0.467 e. The first kappa shape index (κ1) is 12.0. The fraction of sp³-hybridized carbons (Fsp3) is 0.444. The molecule has 9 heteroatoms. The number of H-pyrrole nitrogens is 1. The van der Waals surface area contributed by atoms with Crippen LogP contribution in [0.4, 0.5) is 5.95 Å². The highest BCUT2D eigenvalue weighted by Crippen LogP contribution is 2.16. The molecule has 0 bridgehead atoms. The van der Waals surface area contributed by atoms with Crippen LogP contribution in [0.25, 0.3) is 0 Å². The first-order chi connectivity index (χ1) is 8.72. The predicted molar refractivity (Wildman–Crippen MR) is 61.4 cm³/mol. The van der Waals surface area contributed by atoms with Crippen LogP contribution in [0.15, 0.2) is 6.33 Å². The average Bonchev–Trinajstić information content (AvgIpc) is 2.92. The van der Waals surface area contributed by atoms with Gasteiger partial charge in [0, 0.05) is 0 Å². The number of nitrogens with zero attached hydrogens (tertiary/aromatic N) is 5. The van der Waals surface area contributed by atoms with Crippen LogP contribution in [0.2, 0.25) is 0 Å². The largest absolute Gasteiger partial charge is 0.467 e. The van der Waals surface area contributed by atoms with Crippen molar-refractivity contribution in [1.29, 1.82) is 0 Å². The van der Waals surface area contributed by atoms with Gasteiger partial charge in [0.15, 0.2) is 0 Å². The minimum absolute atomic E-state index is 0.135. The van der Waals surface area contributed by atoms with Crippen molar-refractivity contribution in [2.45, 2.75) is 13.0 Å². The van der Waals surface area contributed by atoms with Crippen molar-refractivity contribution in [3.8, 4) is 12.0 Å². The number of methoxy groups -OCH3 is 2. The SMILES string of the molecule is COc1nc(NC(C)c2ncn[nH]2)nc(OC)n1. The van der Waals surface area contributed by atoms with E-state index in [0.717, 1.165) is 0 Å². The van der Waals surface area contributed by atoms with Crippen LogP contribution in [-0.4, -0.2) is 44.4 Å². The van der Waals surface area contributed by atoms with Crippen LogP contribution in [0, 0.1) is 0 Å². The second kappa shape index (κ2) is 5.25. The molecule has 2 N–H and O–H groups in total. The van der Waals surface area contributed by atoms with Crippen LogP contribution in [0.5, 0.6) is 12.0 Å². The van der Waals surface area contributed by atoms with E-state index in [1.165, 1.54) is 20.5 Å². The Hall–Kier alpha value is -2.45. The van der Waals surface area contributed by atoms with Crippen molar-refractivity contribution in [3.63, 3.8) is 0 Å². The highest BCUT2D eigenvalue weighted by Gasteiger charge is 2.12. The van der Waals surface area contributed by atoms with Gasteiger partial charge >= 0.3 is 12.0 Å². The van der Waals surface area contributed by atoms with Gasteiger partial charge in [-0.2, -0.15) is 15.1 Å². The molecule has 0 aliphatic rings. The lowest BCUT2D eigenvalue weighted by molar-refractivity contribution is 0.341. The van der Waals surface area contributed by atoms with Gasteiger partial charge in [-0.3, -0.25) is 5.10 Å². The maximum atomic E-state index is 4.95. The van der Waals surface area contributed by atoms with Crippen molar-refractivity contribution in [2.24, 2.45) is 0 Å². The van der Waals surface area contributed by atoms with Crippen LogP contribution in [0.3, 0.4) is 0 Å². The molecule has 1 unspecified atom stereocenters. The summed E-state index contributed by atoms with van der Waals surface area (Å²) >= 11 is 0. The summed E-state index contributed by atoms with van der Waals surface area (Å²) in [6.07, 6.45) is 1.43. The van der Waals surface area contributed by atoms with Crippen LogP contribution < -0.4 is 14.8 Å². The molecule has 96 valence electrons. The van der Waals surface area contributed by atoms with E-state index in [1.807, 2.05) is 6.92 Å². The molecule has 9 nitrogen and oxygen atoms in total. The van der Waals surface area contributed by atoms with Gasteiger partial charge < -0.3 is 14.8 Å². The van der Waals surface area contributed by atoms with E-state index in [2.05, 4.69) is 35.5 Å². The van der Waals surface area contributed by atoms with Crippen LogP contribution in [0.1, 0.15) is 18.8 Å². The first-order valence-corrected chi connectivity index (χ1v) is 5.18. The van der Waals surface area contributed by atoms with Gasteiger partial charge in [0.25, 0.3) is 0 Å². The highest BCUT2D eigenvalue weighted by atomic mass is 16.5. The Labute approximate surface area is 103 Å². The molecule has 0 saturated carbocycles. The van der Waals surface area contributed by atoms with Crippen LogP contribution >= 0.6 is 0 Å². The third-order valence-corrected chi connectivity index (χ3v) is 2.15. The van der Waals surface area contributed by atoms with Crippen molar-refractivity contribution in [2.75, 3.05) is 19.5 Å². The molecule has 0 spiro atoms. The number of rotatable bonds is 5. The molecular weight excluding hydrogens is 238 g/mol. The van der Waals surface area contributed by atoms with E-state index in [4.69, 9.17) is 9.47 Å². The Kier molecular flexibility index (Phi) is 3.51. The lowest BCUT2D eigenvalue weighted by atomic mass is 10.3. The third kappa shape index (κ3) is 2.62. The second-order valence-corrected chi connectivity index (χ2v) is 3.37. The van der Waals surface area contributed by atoms with Crippen molar-refractivity contribution < 1.29 is 9.47 Å². The van der Waals surface area contributed by atoms with E-state index in [1.54, 1.807) is 0 Å². The molecule has 0 aliphatic heterocycles. The fourth-order valence-corrected chi connectivity index (χ4v) is 1.27. The number of hydrogen-bond donors (Lipinski definition) is 2. The van der Waals surface area contributed by atoms with Gasteiger partial charge in [-0.05, 0) is 6.92 Å². The summed E-state index contributed by atoms with van der Waals surface area (Å²) in [5.74, 6) is 1.01. The molecule has 1 atom stereocenters. The Morgan fingerprint density at radius 2 is 1.83 bits per heavy atom. The van der Waals surface area contributed by atoms with Crippen molar-refractivity contribution in [3.05, 3.63) is 12.2 Å². The number of aromatic amines is 1. The third-order valence-electron chi connectivity index (χ3n) is 2.15. The minimum atomic E-state index is -0.135. The van der Waals surface area contributed by atoms with E-state index >= 15 is 0 Å². The van der Waals surface area contributed by atoms with Gasteiger partial charge in [-0.25, -0.2) is 4.98 Å². The van der Waals surface area contributed by atoms with Crippen molar-refractivity contribution in [1.82, 2.24) is 30.1 Å². The second-order valence-electron chi connectivity index (χ2n) is 3.37. The average molecular weight is 251 g/mol. The molecule has 2 heterocycles. The Balaban J connectivity index is 2.17.